The molecule has 0 spiro atoms. The van der Waals surface area contributed by atoms with Gasteiger partial charge in [0.05, 0.1) is 5.60 Å². The van der Waals surface area contributed by atoms with Gasteiger partial charge in [0, 0.05) is 30.9 Å². The second-order valence-electron chi connectivity index (χ2n) is 6.21. The van der Waals surface area contributed by atoms with Crippen molar-refractivity contribution in [2.24, 2.45) is 0 Å². The van der Waals surface area contributed by atoms with Crippen LogP contribution in [0.15, 0.2) is 6.33 Å². The Balaban J connectivity index is 2.11. The third-order valence-corrected chi connectivity index (χ3v) is 4.14. The lowest BCUT2D eigenvalue weighted by molar-refractivity contribution is 0.00537. The molecule has 1 N–H and O–H groups in total. The smallest absolute Gasteiger partial charge is 0.135 e. The molecule has 0 bridgehead atoms. The van der Waals surface area contributed by atoms with E-state index in [0.717, 1.165) is 56.0 Å². The number of hydrogen-bond donors (Lipinski definition) is 1. The number of aliphatic hydroxyl groups is 1. The van der Waals surface area contributed by atoms with Gasteiger partial charge in [-0.05, 0) is 47.2 Å². The van der Waals surface area contributed by atoms with Crippen LogP contribution >= 0.6 is 0 Å². The highest BCUT2D eigenvalue weighted by Gasteiger charge is 2.31. The van der Waals surface area contributed by atoms with Crippen molar-refractivity contribution in [3.8, 4) is 0 Å². The minimum Gasteiger partial charge on any atom is -0.388 e. The Kier molecular flexibility index (Phi) is 4.60. The van der Waals surface area contributed by atoms with Crippen molar-refractivity contribution in [3.05, 3.63) is 17.6 Å². The first-order valence-electron chi connectivity index (χ1n) is 7.31. The fourth-order valence-electron chi connectivity index (χ4n) is 2.98. The molecule has 5 nitrogen and oxygen atoms in total. The number of aromatic nitrogens is 2. The van der Waals surface area contributed by atoms with E-state index in [4.69, 9.17) is 0 Å². The zero-order valence-electron chi connectivity index (χ0n) is 13.1. The molecule has 0 saturated carbocycles. The molecule has 1 saturated heterocycles. The largest absolute Gasteiger partial charge is 0.388 e. The highest BCUT2D eigenvalue weighted by molar-refractivity contribution is 5.47. The van der Waals surface area contributed by atoms with Gasteiger partial charge in [-0.25, -0.2) is 9.97 Å². The second kappa shape index (κ2) is 6.06. The van der Waals surface area contributed by atoms with Crippen LogP contribution in [-0.4, -0.2) is 59.3 Å². The van der Waals surface area contributed by atoms with Crippen molar-refractivity contribution >= 4 is 5.82 Å². The SMILES string of the molecule is Cc1ncnc(N2CCC[C@](O)(CN(C)C)CC2)c1C. The monoisotopic (exact) mass is 278 g/mol. The van der Waals surface area contributed by atoms with Crippen LogP contribution in [0.3, 0.4) is 0 Å². The summed E-state index contributed by atoms with van der Waals surface area (Å²) in [5, 5.41) is 10.7. The average molecular weight is 278 g/mol. The molecule has 1 atom stereocenters. The molecule has 0 radical (unpaired) electrons. The van der Waals surface area contributed by atoms with Gasteiger partial charge < -0.3 is 14.9 Å². The Morgan fingerprint density at radius 3 is 2.70 bits per heavy atom. The van der Waals surface area contributed by atoms with Gasteiger partial charge in [0.2, 0.25) is 0 Å². The first-order valence-corrected chi connectivity index (χ1v) is 7.31. The fraction of sp³-hybridized carbons (Fsp3) is 0.733. The van der Waals surface area contributed by atoms with Gasteiger partial charge in [-0.3, -0.25) is 0 Å². The van der Waals surface area contributed by atoms with E-state index in [-0.39, 0.29) is 0 Å². The molecule has 112 valence electrons. The molecule has 5 heteroatoms. The molecular formula is C15H26N4O. The van der Waals surface area contributed by atoms with Gasteiger partial charge >= 0.3 is 0 Å². The Morgan fingerprint density at radius 1 is 1.25 bits per heavy atom. The lowest BCUT2D eigenvalue weighted by Crippen LogP contribution is -2.41. The van der Waals surface area contributed by atoms with Gasteiger partial charge in [-0.1, -0.05) is 0 Å². The van der Waals surface area contributed by atoms with Crippen molar-refractivity contribution in [2.45, 2.75) is 38.7 Å². The van der Waals surface area contributed by atoms with Crippen molar-refractivity contribution in [1.29, 1.82) is 0 Å². The topological polar surface area (TPSA) is 52.5 Å². The first-order chi connectivity index (χ1) is 9.41. The zero-order valence-corrected chi connectivity index (χ0v) is 13.1. The van der Waals surface area contributed by atoms with Crippen molar-refractivity contribution in [3.63, 3.8) is 0 Å². The number of hydrogen-bond acceptors (Lipinski definition) is 5. The molecule has 2 heterocycles. The Labute approximate surface area is 121 Å². The standard InChI is InChI=1S/C15H26N4O/c1-12-13(2)16-11-17-14(12)19-8-5-6-15(20,7-9-19)10-18(3)4/h11,20H,5-10H2,1-4H3/t15-/m1/s1. The van der Waals surface area contributed by atoms with Crippen LogP contribution in [0.2, 0.25) is 0 Å². The van der Waals surface area contributed by atoms with E-state index in [1.807, 2.05) is 21.0 Å². The Bertz CT molecular complexity index is 463. The quantitative estimate of drug-likeness (QED) is 0.905. The Morgan fingerprint density at radius 2 is 2.00 bits per heavy atom. The van der Waals surface area contributed by atoms with Gasteiger partial charge in [0.1, 0.15) is 12.1 Å². The molecule has 0 aromatic carbocycles. The molecule has 1 aliphatic rings. The van der Waals surface area contributed by atoms with Crippen LogP contribution in [0, 0.1) is 13.8 Å². The average Bonchev–Trinajstić information content (AvgIpc) is 2.54. The van der Waals surface area contributed by atoms with E-state index >= 15 is 0 Å². The van der Waals surface area contributed by atoms with Crippen molar-refractivity contribution < 1.29 is 5.11 Å². The van der Waals surface area contributed by atoms with Crippen LogP contribution in [0.4, 0.5) is 5.82 Å². The highest BCUT2D eigenvalue weighted by atomic mass is 16.3. The van der Waals surface area contributed by atoms with E-state index < -0.39 is 5.60 Å². The maximum Gasteiger partial charge on any atom is 0.135 e. The molecule has 20 heavy (non-hydrogen) atoms. The van der Waals surface area contributed by atoms with E-state index in [1.165, 1.54) is 0 Å². The lowest BCUT2D eigenvalue weighted by Gasteiger charge is -2.30. The minimum atomic E-state index is -0.575. The zero-order chi connectivity index (χ0) is 14.8. The Hall–Kier alpha value is -1.20. The summed E-state index contributed by atoms with van der Waals surface area (Å²) in [6.45, 7) is 6.61. The van der Waals surface area contributed by atoms with Crippen LogP contribution in [0.1, 0.15) is 30.5 Å². The summed E-state index contributed by atoms with van der Waals surface area (Å²) in [6, 6.07) is 0. The van der Waals surface area contributed by atoms with Crippen molar-refractivity contribution in [1.82, 2.24) is 14.9 Å². The van der Waals surface area contributed by atoms with Gasteiger partial charge in [-0.15, -0.1) is 0 Å². The summed E-state index contributed by atoms with van der Waals surface area (Å²) in [4.78, 5) is 13.0. The van der Waals surface area contributed by atoms with Crippen LogP contribution in [0.5, 0.6) is 0 Å². The molecule has 1 aromatic heterocycles. The van der Waals surface area contributed by atoms with Crippen LogP contribution in [-0.2, 0) is 0 Å². The number of aryl methyl sites for hydroxylation is 1. The molecular weight excluding hydrogens is 252 g/mol. The number of nitrogens with zero attached hydrogens (tertiary/aromatic N) is 4. The molecule has 1 fully saturated rings. The van der Waals surface area contributed by atoms with Crippen molar-refractivity contribution in [2.75, 3.05) is 38.6 Å². The maximum atomic E-state index is 10.7. The van der Waals surface area contributed by atoms with E-state index in [9.17, 15) is 5.11 Å². The number of anilines is 1. The van der Waals surface area contributed by atoms with Gasteiger partial charge in [-0.2, -0.15) is 0 Å². The summed E-state index contributed by atoms with van der Waals surface area (Å²) < 4.78 is 0. The summed E-state index contributed by atoms with van der Waals surface area (Å²) in [7, 11) is 4.02. The normalized spacial score (nSPS) is 24.0. The molecule has 2 rings (SSSR count). The summed E-state index contributed by atoms with van der Waals surface area (Å²) in [5.74, 6) is 1.02. The van der Waals surface area contributed by atoms with E-state index in [2.05, 4.69) is 26.7 Å². The van der Waals surface area contributed by atoms with Crippen LogP contribution < -0.4 is 4.90 Å². The number of rotatable bonds is 3. The fourth-order valence-corrected chi connectivity index (χ4v) is 2.98. The molecule has 1 aliphatic heterocycles. The third-order valence-electron chi connectivity index (χ3n) is 4.14. The summed E-state index contributed by atoms with van der Waals surface area (Å²) in [6.07, 6.45) is 4.26. The van der Waals surface area contributed by atoms with Gasteiger partial charge in [0.25, 0.3) is 0 Å². The predicted octanol–water partition coefficient (Wildman–Crippen LogP) is 1.38. The summed E-state index contributed by atoms with van der Waals surface area (Å²) in [5.41, 5.74) is 1.60. The maximum absolute atomic E-state index is 10.7. The molecule has 0 unspecified atom stereocenters. The highest BCUT2D eigenvalue weighted by Crippen LogP contribution is 2.27. The number of likely N-dealkylation sites (N-methyl/N-ethyl adjacent to an activating group) is 1. The molecule has 0 amide bonds. The molecule has 1 aromatic rings. The lowest BCUT2D eigenvalue weighted by atomic mass is 9.94. The minimum absolute atomic E-state index is 0.575. The first kappa shape index (κ1) is 15.2. The summed E-state index contributed by atoms with van der Waals surface area (Å²) >= 11 is 0. The van der Waals surface area contributed by atoms with E-state index in [1.54, 1.807) is 6.33 Å². The van der Waals surface area contributed by atoms with E-state index in [0.29, 0.717) is 0 Å². The molecule has 0 aliphatic carbocycles. The predicted molar refractivity (Wildman–Crippen MR) is 81.1 cm³/mol. The third kappa shape index (κ3) is 3.46. The van der Waals surface area contributed by atoms with Crippen LogP contribution in [0.25, 0.3) is 0 Å². The second-order valence-corrected chi connectivity index (χ2v) is 6.21. The van der Waals surface area contributed by atoms with Gasteiger partial charge in [0.15, 0.2) is 0 Å².